The fraction of sp³-hybridized carbons (Fsp3) is 0.133. The summed E-state index contributed by atoms with van der Waals surface area (Å²) < 4.78 is 42.7. The summed E-state index contributed by atoms with van der Waals surface area (Å²) in [7, 11) is 0. The number of ether oxygens (including phenoxy) is 1. The lowest BCUT2D eigenvalue weighted by Crippen LogP contribution is -2.20. The Labute approximate surface area is 131 Å². The van der Waals surface area contributed by atoms with E-state index in [2.05, 4.69) is 15.4 Å². The molecule has 0 aliphatic heterocycles. The van der Waals surface area contributed by atoms with Crippen LogP contribution in [-0.2, 0) is 0 Å². The van der Waals surface area contributed by atoms with E-state index in [1.165, 1.54) is 18.2 Å². The van der Waals surface area contributed by atoms with E-state index < -0.39 is 12.4 Å². The van der Waals surface area contributed by atoms with Crippen LogP contribution in [-0.4, -0.2) is 11.7 Å². The van der Waals surface area contributed by atoms with Gasteiger partial charge in [0.05, 0.1) is 11.4 Å². The van der Waals surface area contributed by atoms with Crippen molar-refractivity contribution in [3.8, 4) is 5.75 Å². The lowest BCUT2D eigenvalue weighted by Gasteiger charge is -2.15. The molecule has 0 amide bonds. The number of thiocarbonyl (C=S) groups is 1. The van der Waals surface area contributed by atoms with E-state index in [-0.39, 0.29) is 22.2 Å². The Morgan fingerprint density at radius 1 is 1.09 bits per heavy atom. The average molecular weight is 326 g/mol. The summed E-state index contributed by atoms with van der Waals surface area (Å²) in [5, 5.41) is 5.45. The smallest absolute Gasteiger partial charge is 0.387 e. The number of hydrogen-bond donors (Lipinski definition) is 2. The third kappa shape index (κ3) is 4.36. The van der Waals surface area contributed by atoms with Crippen LogP contribution in [0.2, 0.25) is 0 Å². The van der Waals surface area contributed by atoms with Crippen molar-refractivity contribution in [1.29, 1.82) is 0 Å². The Bertz CT molecular complexity index is 680. The first-order valence-electron chi connectivity index (χ1n) is 6.33. The van der Waals surface area contributed by atoms with Gasteiger partial charge in [-0.25, -0.2) is 4.39 Å². The summed E-state index contributed by atoms with van der Waals surface area (Å²) in [6.07, 6.45) is 0. The molecule has 2 aromatic carbocycles. The number of anilines is 2. The molecule has 2 rings (SSSR count). The Balaban J connectivity index is 2.14. The van der Waals surface area contributed by atoms with Crippen LogP contribution in [0.15, 0.2) is 42.5 Å². The maximum atomic E-state index is 13.5. The van der Waals surface area contributed by atoms with E-state index in [0.717, 1.165) is 5.56 Å². The molecule has 7 heteroatoms. The van der Waals surface area contributed by atoms with Crippen LogP contribution in [0.1, 0.15) is 5.56 Å². The number of alkyl halides is 2. The largest absolute Gasteiger partial charge is 0.433 e. The van der Waals surface area contributed by atoms with Gasteiger partial charge in [0.25, 0.3) is 0 Å². The van der Waals surface area contributed by atoms with Crippen molar-refractivity contribution in [2.75, 3.05) is 10.6 Å². The Morgan fingerprint density at radius 3 is 2.45 bits per heavy atom. The molecule has 0 spiro atoms. The normalized spacial score (nSPS) is 10.4. The predicted octanol–water partition coefficient (Wildman–Crippen LogP) is 4.54. The third-order valence-electron chi connectivity index (χ3n) is 2.72. The molecule has 0 atom stereocenters. The maximum absolute atomic E-state index is 13.5. The van der Waals surface area contributed by atoms with Crippen LogP contribution >= 0.6 is 12.2 Å². The van der Waals surface area contributed by atoms with E-state index in [1.54, 1.807) is 31.2 Å². The van der Waals surface area contributed by atoms with Gasteiger partial charge in [-0.2, -0.15) is 8.78 Å². The Hall–Kier alpha value is -2.28. The first kappa shape index (κ1) is 16.1. The molecule has 3 nitrogen and oxygen atoms in total. The zero-order valence-corrected chi connectivity index (χ0v) is 12.4. The minimum atomic E-state index is -2.95. The van der Waals surface area contributed by atoms with Gasteiger partial charge in [0.15, 0.2) is 5.11 Å². The molecule has 2 aromatic rings. The first-order valence-corrected chi connectivity index (χ1v) is 6.74. The molecule has 0 saturated carbocycles. The number of nitrogens with one attached hydrogen (secondary N) is 2. The third-order valence-corrected chi connectivity index (χ3v) is 2.93. The number of rotatable bonds is 4. The van der Waals surface area contributed by atoms with Gasteiger partial charge in [-0.1, -0.05) is 18.2 Å². The van der Waals surface area contributed by atoms with Gasteiger partial charge in [-0.15, -0.1) is 0 Å². The number of aryl methyl sites for hydroxylation is 1. The molecule has 0 aliphatic rings. The van der Waals surface area contributed by atoms with E-state index in [4.69, 9.17) is 12.2 Å². The first-order chi connectivity index (χ1) is 10.5. The number of para-hydroxylation sites is 1. The van der Waals surface area contributed by atoms with Crippen molar-refractivity contribution >= 4 is 28.7 Å². The highest BCUT2D eigenvalue weighted by atomic mass is 32.1. The average Bonchev–Trinajstić information content (AvgIpc) is 2.44. The minimum absolute atomic E-state index is 0.0433. The summed E-state index contributed by atoms with van der Waals surface area (Å²) in [6.45, 7) is -1.15. The molecular formula is C15H13F3N2OS. The van der Waals surface area contributed by atoms with E-state index in [9.17, 15) is 13.2 Å². The molecule has 0 radical (unpaired) electrons. The number of hydrogen-bond acceptors (Lipinski definition) is 2. The zero-order valence-electron chi connectivity index (χ0n) is 11.6. The molecule has 0 aliphatic carbocycles. The summed E-state index contributed by atoms with van der Waals surface area (Å²) in [5.41, 5.74) is 1.29. The maximum Gasteiger partial charge on any atom is 0.387 e. The Morgan fingerprint density at radius 2 is 1.77 bits per heavy atom. The van der Waals surface area contributed by atoms with E-state index in [1.807, 2.05) is 0 Å². The van der Waals surface area contributed by atoms with Crippen molar-refractivity contribution in [2.24, 2.45) is 0 Å². The lowest BCUT2D eigenvalue weighted by atomic mass is 10.2. The molecule has 0 aromatic heterocycles. The van der Waals surface area contributed by atoms with E-state index >= 15 is 0 Å². The van der Waals surface area contributed by atoms with Crippen LogP contribution in [0.3, 0.4) is 0 Å². The second kappa shape index (κ2) is 7.13. The Kier molecular flexibility index (Phi) is 5.21. The van der Waals surface area contributed by atoms with Crippen molar-refractivity contribution in [2.45, 2.75) is 13.5 Å². The highest BCUT2D eigenvalue weighted by Gasteiger charge is 2.11. The van der Waals surface area contributed by atoms with Crippen molar-refractivity contribution < 1.29 is 17.9 Å². The van der Waals surface area contributed by atoms with Gasteiger partial charge in [0.2, 0.25) is 0 Å². The number of benzene rings is 2. The standard InChI is InChI=1S/C15H13F3N2OS/c1-9-6-7-13(21-14(17)18)12(8-9)20-15(22)19-11-5-3-2-4-10(11)16/h2-8,14H,1H3,(H2,19,20,22). The van der Waals surface area contributed by atoms with Crippen LogP contribution in [0.4, 0.5) is 24.5 Å². The SMILES string of the molecule is Cc1ccc(OC(F)F)c(NC(=S)Nc2ccccc2F)c1. The minimum Gasteiger partial charge on any atom is -0.433 e. The van der Waals surface area contributed by atoms with E-state index in [0.29, 0.717) is 0 Å². The van der Waals surface area contributed by atoms with Crippen LogP contribution in [0.5, 0.6) is 5.75 Å². The molecule has 116 valence electrons. The fourth-order valence-electron chi connectivity index (χ4n) is 1.78. The molecule has 0 saturated heterocycles. The van der Waals surface area contributed by atoms with Crippen LogP contribution < -0.4 is 15.4 Å². The molecule has 2 N–H and O–H groups in total. The highest BCUT2D eigenvalue weighted by Crippen LogP contribution is 2.27. The van der Waals surface area contributed by atoms with Crippen LogP contribution in [0, 0.1) is 12.7 Å². The second-order valence-corrected chi connectivity index (χ2v) is 4.85. The van der Waals surface area contributed by atoms with Gasteiger partial charge in [-0.05, 0) is 49.0 Å². The predicted molar refractivity (Wildman–Crippen MR) is 84.1 cm³/mol. The summed E-state index contributed by atoms with van der Waals surface area (Å²) in [6, 6.07) is 10.6. The van der Waals surface area contributed by atoms with Gasteiger partial charge < -0.3 is 15.4 Å². The summed E-state index contributed by atoms with van der Waals surface area (Å²) in [4.78, 5) is 0. The lowest BCUT2D eigenvalue weighted by molar-refractivity contribution is -0.0493. The molecular weight excluding hydrogens is 313 g/mol. The molecule has 0 unspecified atom stereocenters. The highest BCUT2D eigenvalue weighted by molar-refractivity contribution is 7.80. The number of halogens is 3. The van der Waals surface area contributed by atoms with Gasteiger partial charge in [0, 0.05) is 0 Å². The molecule has 22 heavy (non-hydrogen) atoms. The van der Waals surface area contributed by atoms with Crippen molar-refractivity contribution in [3.05, 3.63) is 53.8 Å². The zero-order chi connectivity index (χ0) is 16.1. The van der Waals surface area contributed by atoms with Crippen LogP contribution in [0.25, 0.3) is 0 Å². The van der Waals surface area contributed by atoms with Crippen molar-refractivity contribution in [1.82, 2.24) is 0 Å². The topological polar surface area (TPSA) is 33.3 Å². The van der Waals surface area contributed by atoms with Gasteiger partial charge in [0.1, 0.15) is 11.6 Å². The fourth-order valence-corrected chi connectivity index (χ4v) is 2.00. The monoisotopic (exact) mass is 326 g/mol. The summed E-state index contributed by atoms with van der Waals surface area (Å²) >= 11 is 5.06. The molecule has 0 bridgehead atoms. The quantitative estimate of drug-likeness (QED) is 0.808. The second-order valence-electron chi connectivity index (χ2n) is 4.44. The van der Waals surface area contributed by atoms with Gasteiger partial charge >= 0.3 is 6.61 Å². The molecule has 0 fully saturated rings. The summed E-state index contributed by atoms with van der Waals surface area (Å²) in [5.74, 6) is -0.516. The van der Waals surface area contributed by atoms with Gasteiger partial charge in [-0.3, -0.25) is 0 Å². The van der Waals surface area contributed by atoms with Crippen molar-refractivity contribution in [3.63, 3.8) is 0 Å². The molecule has 0 heterocycles.